The molecule has 1 aliphatic carbocycles. The summed E-state index contributed by atoms with van der Waals surface area (Å²) in [6, 6.07) is 0.868. The molecular weight excluding hydrogens is 358 g/mol. The van der Waals surface area contributed by atoms with E-state index in [0.29, 0.717) is 12.8 Å². The minimum atomic E-state index is -3.64. The van der Waals surface area contributed by atoms with E-state index in [-0.39, 0.29) is 10.6 Å². The molecule has 1 saturated carbocycles. The third kappa shape index (κ3) is 4.45. The minimum Gasteiger partial charge on any atom is -0.481 e. The lowest BCUT2D eigenvalue weighted by molar-refractivity contribution is -0.143. The Morgan fingerprint density at radius 1 is 1.19 bits per heavy atom. The molecule has 0 spiro atoms. The van der Waals surface area contributed by atoms with Crippen molar-refractivity contribution in [3.63, 3.8) is 0 Å². The predicted molar refractivity (Wildman–Crippen MR) is 96.4 cm³/mol. The molecule has 26 heavy (non-hydrogen) atoms. The van der Waals surface area contributed by atoms with Gasteiger partial charge in [-0.05, 0) is 18.9 Å². The summed E-state index contributed by atoms with van der Waals surface area (Å²) in [6.07, 6.45) is 6.25. The summed E-state index contributed by atoms with van der Waals surface area (Å²) in [5.74, 6) is -1.98. The van der Waals surface area contributed by atoms with Gasteiger partial charge in [0.15, 0.2) is 0 Å². The zero-order valence-corrected chi connectivity index (χ0v) is 16.3. The number of aromatic nitrogens is 1. The number of rotatable bonds is 5. The van der Waals surface area contributed by atoms with Gasteiger partial charge in [0, 0.05) is 33.4 Å². The fourth-order valence-corrected chi connectivity index (χ4v) is 4.28. The molecule has 0 radical (unpaired) electrons. The smallest absolute Gasteiger partial charge is 0.308 e. The predicted octanol–water partition coefficient (Wildman–Crippen LogP) is 1.43. The number of carboxylic acid groups (broad SMARTS) is 1. The van der Waals surface area contributed by atoms with Crippen molar-refractivity contribution in [3.8, 4) is 0 Å². The molecule has 2 rings (SSSR count). The number of sulfonamides is 1. The Hall–Kier alpha value is -1.87. The third-order valence-electron chi connectivity index (χ3n) is 4.89. The van der Waals surface area contributed by atoms with Crippen LogP contribution in [0.4, 0.5) is 0 Å². The number of aliphatic carboxylic acids is 1. The molecule has 0 saturated heterocycles. The van der Waals surface area contributed by atoms with Crippen LogP contribution in [0, 0.1) is 5.92 Å². The first-order valence-electron chi connectivity index (χ1n) is 8.77. The topological polar surface area (TPSA) is 109 Å². The van der Waals surface area contributed by atoms with Crippen LogP contribution in [-0.4, -0.2) is 54.4 Å². The first kappa shape index (κ1) is 20.4. The van der Waals surface area contributed by atoms with Crippen LogP contribution in [0.25, 0.3) is 0 Å². The van der Waals surface area contributed by atoms with E-state index in [0.717, 1.165) is 30.0 Å². The highest BCUT2D eigenvalue weighted by molar-refractivity contribution is 7.89. The summed E-state index contributed by atoms with van der Waals surface area (Å²) in [5, 5.41) is 12.3. The average molecular weight is 385 g/mol. The van der Waals surface area contributed by atoms with Crippen molar-refractivity contribution < 1.29 is 23.1 Å². The van der Waals surface area contributed by atoms with Crippen molar-refractivity contribution in [2.24, 2.45) is 13.0 Å². The van der Waals surface area contributed by atoms with Gasteiger partial charge in [0.1, 0.15) is 10.6 Å². The van der Waals surface area contributed by atoms with Gasteiger partial charge in [-0.2, -0.15) is 0 Å². The highest BCUT2D eigenvalue weighted by atomic mass is 32.2. The number of hydrogen-bond acceptors (Lipinski definition) is 4. The van der Waals surface area contributed by atoms with E-state index in [9.17, 15) is 23.1 Å². The highest BCUT2D eigenvalue weighted by Crippen LogP contribution is 2.24. The number of aryl methyl sites for hydroxylation is 1. The van der Waals surface area contributed by atoms with Gasteiger partial charge in [-0.3, -0.25) is 9.59 Å². The fourth-order valence-electron chi connectivity index (χ4n) is 3.31. The number of carboxylic acids is 1. The summed E-state index contributed by atoms with van der Waals surface area (Å²) >= 11 is 0. The van der Waals surface area contributed by atoms with E-state index in [1.165, 1.54) is 30.9 Å². The van der Waals surface area contributed by atoms with Crippen LogP contribution in [0.15, 0.2) is 17.2 Å². The van der Waals surface area contributed by atoms with Gasteiger partial charge < -0.3 is 15.0 Å². The van der Waals surface area contributed by atoms with Gasteiger partial charge in [-0.25, -0.2) is 12.7 Å². The molecule has 1 aromatic heterocycles. The van der Waals surface area contributed by atoms with E-state index in [4.69, 9.17) is 0 Å². The Balaban J connectivity index is 2.23. The Labute approximate surface area is 154 Å². The van der Waals surface area contributed by atoms with E-state index < -0.39 is 33.9 Å². The molecule has 9 heteroatoms. The van der Waals surface area contributed by atoms with E-state index >= 15 is 0 Å². The molecule has 0 bridgehead atoms. The average Bonchev–Trinajstić information content (AvgIpc) is 2.92. The maximum atomic E-state index is 12.7. The minimum absolute atomic E-state index is 0.0302. The van der Waals surface area contributed by atoms with Crippen LogP contribution in [0.2, 0.25) is 0 Å². The Kier molecular flexibility index (Phi) is 6.46. The fraction of sp³-hybridized carbons (Fsp3) is 0.647. The summed E-state index contributed by atoms with van der Waals surface area (Å²) < 4.78 is 27.0. The molecule has 1 amide bonds. The number of nitrogens with zero attached hydrogens (tertiary/aromatic N) is 2. The molecule has 2 atom stereocenters. The SMILES string of the molecule is CN(C)S(=O)(=O)c1cc(C(=O)NC2CCCCCCC2C(=O)O)n(C)c1. The molecular formula is C17H27N3O5S. The van der Waals surface area contributed by atoms with Crippen LogP contribution in [-0.2, 0) is 21.9 Å². The highest BCUT2D eigenvalue weighted by Gasteiger charge is 2.31. The maximum Gasteiger partial charge on any atom is 0.308 e. The van der Waals surface area contributed by atoms with Crippen molar-refractivity contribution >= 4 is 21.9 Å². The Bertz CT molecular complexity index is 769. The number of carbonyl (C=O) groups is 2. The van der Waals surface area contributed by atoms with Gasteiger partial charge in [-0.1, -0.05) is 25.7 Å². The standard InChI is InChI=1S/C17H27N3O5S/c1-19(2)26(24,25)12-10-15(20(3)11-12)16(21)18-14-9-7-5-4-6-8-13(14)17(22)23/h10-11,13-14H,4-9H2,1-3H3,(H,18,21)(H,22,23). The van der Waals surface area contributed by atoms with Gasteiger partial charge in [0.2, 0.25) is 10.0 Å². The number of hydrogen-bond donors (Lipinski definition) is 2. The monoisotopic (exact) mass is 385 g/mol. The number of amides is 1. The number of nitrogens with one attached hydrogen (secondary N) is 1. The first-order valence-corrected chi connectivity index (χ1v) is 10.2. The van der Waals surface area contributed by atoms with Gasteiger partial charge in [0.25, 0.3) is 5.91 Å². The van der Waals surface area contributed by atoms with Crippen molar-refractivity contribution in [1.82, 2.24) is 14.2 Å². The van der Waals surface area contributed by atoms with Crippen LogP contribution in [0.5, 0.6) is 0 Å². The van der Waals surface area contributed by atoms with E-state index in [1.54, 1.807) is 7.05 Å². The second-order valence-electron chi connectivity index (χ2n) is 6.98. The zero-order valence-electron chi connectivity index (χ0n) is 15.4. The van der Waals surface area contributed by atoms with E-state index in [2.05, 4.69) is 5.32 Å². The molecule has 2 N–H and O–H groups in total. The summed E-state index contributed by atoms with van der Waals surface area (Å²) in [7, 11) is 0.801. The molecule has 1 aliphatic rings. The second-order valence-corrected chi connectivity index (χ2v) is 9.13. The number of carbonyl (C=O) groups excluding carboxylic acids is 1. The van der Waals surface area contributed by atoms with Crippen LogP contribution < -0.4 is 5.32 Å². The summed E-state index contributed by atoms with van der Waals surface area (Å²) in [6.45, 7) is 0. The lowest BCUT2D eigenvalue weighted by Crippen LogP contribution is -2.44. The van der Waals surface area contributed by atoms with Crippen LogP contribution >= 0.6 is 0 Å². The molecule has 146 valence electrons. The van der Waals surface area contributed by atoms with Crippen molar-refractivity contribution in [2.45, 2.75) is 49.5 Å². The lowest BCUT2D eigenvalue weighted by atomic mass is 9.86. The van der Waals surface area contributed by atoms with E-state index in [1.807, 2.05) is 0 Å². The molecule has 1 heterocycles. The normalized spacial score (nSPS) is 21.8. The van der Waals surface area contributed by atoms with Crippen LogP contribution in [0.3, 0.4) is 0 Å². The molecule has 0 aliphatic heterocycles. The van der Waals surface area contributed by atoms with Gasteiger partial charge >= 0.3 is 5.97 Å². The second kappa shape index (κ2) is 8.22. The van der Waals surface area contributed by atoms with Crippen molar-refractivity contribution in [3.05, 3.63) is 18.0 Å². The quantitative estimate of drug-likeness (QED) is 0.797. The lowest BCUT2D eigenvalue weighted by Gasteiger charge is -2.27. The third-order valence-corrected chi connectivity index (χ3v) is 6.67. The molecule has 8 nitrogen and oxygen atoms in total. The van der Waals surface area contributed by atoms with Gasteiger partial charge in [0.05, 0.1) is 5.92 Å². The zero-order chi connectivity index (χ0) is 19.5. The van der Waals surface area contributed by atoms with Gasteiger partial charge in [-0.15, -0.1) is 0 Å². The maximum absolute atomic E-state index is 12.7. The Morgan fingerprint density at radius 3 is 2.38 bits per heavy atom. The first-order chi connectivity index (χ1) is 12.1. The summed E-state index contributed by atoms with van der Waals surface area (Å²) in [4.78, 5) is 24.3. The van der Waals surface area contributed by atoms with Crippen molar-refractivity contribution in [1.29, 1.82) is 0 Å². The van der Waals surface area contributed by atoms with Crippen LogP contribution in [0.1, 0.15) is 49.0 Å². The molecule has 1 fully saturated rings. The molecule has 2 unspecified atom stereocenters. The summed E-state index contributed by atoms with van der Waals surface area (Å²) in [5.41, 5.74) is 0.191. The molecule has 1 aromatic rings. The molecule has 0 aromatic carbocycles. The van der Waals surface area contributed by atoms with Crippen molar-refractivity contribution in [2.75, 3.05) is 14.1 Å². The largest absolute Gasteiger partial charge is 0.481 e. The Morgan fingerprint density at radius 2 is 1.81 bits per heavy atom.